The Labute approximate surface area is 121 Å². The van der Waals surface area contributed by atoms with E-state index in [-0.39, 0.29) is 23.7 Å². The highest BCUT2D eigenvalue weighted by Gasteiger charge is 2.51. The highest BCUT2D eigenvalue weighted by Crippen LogP contribution is 2.43. The SMILES string of the molecule is CC1CC2C(=O)N(Cc3ccccc3Br)C(=O)C2C1. The molecule has 1 saturated heterocycles. The van der Waals surface area contributed by atoms with E-state index in [0.29, 0.717) is 12.5 Å². The van der Waals surface area contributed by atoms with Crippen LogP contribution >= 0.6 is 15.9 Å². The number of nitrogens with zero attached hydrogens (tertiary/aromatic N) is 1. The molecule has 2 aliphatic rings. The number of likely N-dealkylation sites (tertiary alicyclic amines) is 1. The minimum Gasteiger partial charge on any atom is -0.278 e. The van der Waals surface area contributed by atoms with Crippen molar-refractivity contribution >= 4 is 27.7 Å². The molecule has 0 radical (unpaired) electrons. The van der Waals surface area contributed by atoms with Crippen molar-refractivity contribution < 1.29 is 9.59 Å². The number of hydrogen-bond acceptors (Lipinski definition) is 2. The van der Waals surface area contributed by atoms with Crippen molar-refractivity contribution in [3.05, 3.63) is 34.3 Å². The first-order valence-electron chi connectivity index (χ1n) is 6.66. The highest BCUT2D eigenvalue weighted by atomic mass is 79.9. The molecule has 2 amide bonds. The number of amides is 2. The minimum atomic E-state index is -0.0648. The second-order valence-electron chi connectivity index (χ2n) is 5.64. The molecule has 4 heteroatoms. The van der Waals surface area contributed by atoms with Gasteiger partial charge in [-0.2, -0.15) is 0 Å². The molecule has 0 aromatic heterocycles. The number of imide groups is 1. The summed E-state index contributed by atoms with van der Waals surface area (Å²) in [5.74, 6) is 0.411. The number of carbonyl (C=O) groups excluding carboxylic acids is 2. The maximum atomic E-state index is 12.3. The summed E-state index contributed by atoms with van der Waals surface area (Å²) in [7, 11) is 0. The first-order chi connectivity index (χ1) is 9.08. The van der Waals surface area contributed by atoms with Gasteiger partial charge in [-0.15, -0.1) is 0 Å². The molecule has 1 aliphatic carbocycles. The summed E-state index contributed by atoms with van der Waals surface area (Å²) in [5, 5.41) is 0. The van der Waals surface area contributed by atoms with E-state index in [1.54, 1.807) is 0 Å². The number of hydrogen-bond donors (Lipinski definition) is 0. The molecule has 0 N–H and O–H groups in total. The molecule has 1 aromatic rings. The van der Waals surface area contributed by atoms with Gasteiger partial charge in [0.2, 0.25) is 11.8 Å². The molecule has 2 atom stereocenters. The van der Waals surface area contributed by atoms with Crippen molar-refractivity contribution in [3.8, 4) is 0 Å². The first kappa shape index (κ1) is 12.9. The van der Waals surface area contributed by atoms with Crippen LogP contribution in [0.2, 0.25) is 0 Å². The van der Waals surface area contributed by atoms with Crippen LogP contribution in [-0.4, -0.2) is 16.7 Å². The van der Waals surface area contributed by atoms with Crippen LogP contribution in [0.5, 0.6) is 0 Å². The van der Waals surface area contributed by atoms with Crippen LogP contribution in [0.1, 0.15) is 25.3 Å². The molecule has 100 valence electrons. The summed E-state index contributed by atoms with van der Waals surface area (Å²) in [6, 6.07) is 7.73. The van der Waals surface area contributed by atoms with E-state index in [1.807, 2.05) is 24.3 Å². The summed E-state index contributed by atoms with van der Waals surface area (Å²) < 4.78 is 0.945. The normalized spacial score (nSPS) is 30.0. The Balaban J connectivity index is 1.82. The zero-order valence-corrected chi connectivity index (χ0v) is 12.4. The van der Waals surface area contributed by atoms with Crippen molar-refractivity contribution in [2.24, 2.45) is 17.8 Å². The van der Waals surface area contributed by atoms with Crippen LogP contribution < -0.4 is 0 Å². The number of halogens is 1. The van der Waals surface area contributed by atoms with Gasteiger partial charge < -0.3 is 0 Å². The molecule has 1 saturated carbocycles. The van der Waals surface area contributed by atoms with E-state index in [9.17, 15) is 9.59 Å². The highest BCUT2D eigenvalue weighted by molar-refractivity contribution is 9.10. The molecule has 2 fully saturated rings. The van der Waals surface area contributed by atoms with E-state index in [2.05, 4.69) is 22.9 Å². The zero-order valence-electron chi connectivity index (χ0n) is 10.8. The molecule has 0 spiro atoms. The smallest absolute Gasteiger partial charge is 0.233 e. The van der Waals surface area contributed by atoms with Gasteiger partial charge in [0.05, 0.1) is 18.4 Å². The predicted molar refractivity (Wildman–Crippen MR) is 75.1 cm³/mol. The third kappa shape index (κ3) is 2.12. The van der Waals surface area contributed by atoms with E-state index >= 15 is 0 Å². The Kier molecular flexibility index (Phi) is 3.21. The summed E-state index contributed by atoms with van der Waals surface area (Å²) in [5.41, 5.74) is 0.984. The van der Waals surface area contributed by atoms with Gasteiger partial charge in [0.15, 0.2) is 0 Å². The summed E-state index contributed by atoms with van der Waals surface area (Å²) in [6.07, 6.45) is 1.73. The fourth-order valence-corrected chi connectivity index (χ4v) is 3.71. The van der Waals surface area contributed by atoms with Gasteiger partial charge in [0, 0.05) is 4.47 Å². The maximum absolute atomic E-state index is 12.3. The number of fused-ring (bicyclic) bond motifs is 1. The van der Waals surface area contributed by atoms with Crippen LogP contribution in [0.4, 0.5) is 0 Å². The van der Waals surface area contributed by atoms with Crippen molar-refractivity contribution in [2.75, 3.05) is 0 Å². The molecule has 19 heavy (non-hydrogen) atoms. The fraction of sp³-hybridized carbons (Fsp3) is 0.467. The number of carbonyl (C=O) groups is 2. The Morgan fingerprint density at radius 2 is 1.74 bits per heavy atom. The van der Waals surface area contributed by atoms with Crippen molar-refractivity contribution in [1.82, 2.24) is 4.90 Å². The molecular weight excluding hydrogens is 306 g/mol. The topological polar surface area (TPSA) is 37.4 Å². The summed E-state index contributed by atoms with van der Waals surface area (Å²) in [4.78, 5) is 26.1. The molecule has 1 heterocycles. The molecule has 3 nitrogen and oxygen atoms in total. The summed E-state index contributed by atoms with van der Waals surface area (Å²) in [6.45, 7) is 2.51. The maximum Gasteiger partial charge on any atom is 0.233 e. The average molecular weight is 322 g/mol. The van der Waals surface area contributed by atoms with Gasteiger partial charge in [-0.3, -0.25) is 14.5 Å². The molecule has 0 bridgehead atoms. The lowest BCUT2D eigenvalue weighted by Gasteiger charge is -2.17. The van der Waals surface area contributed by atoms with Crippen LogP contribution in [0.15, 0.2) is 28.7 Å². The van der Waals surface area contributed by atoms with E-state index < -0.39 is 0 Å². The van der Waals surface area contributed by atoms with Crippen LogP contribution in [0.3, 0.4) is 0 Å². The van der Waals surface area contributed by atoms with Gasteiger partial charge in [-0.25, -0.2) is 0 Å². The fourth-order valence-electron chi connectivity index (χ4n) is 3.30. The van der Waals surface area contributed by atoms with Crippen molar-refractivity contribution in [1.29, 1.82) is 0 Å². The zero-order chi connectivity index (χ0) is 13.6. The third-order valence-electron chi connectivity index (χ3n) is 4.25. The number of rotatable bonds is 2. The Hall–Kier alpha value is -1.16. The average Bonchev–Trinajstić information content (AvgIpc) is 2.86. The van der Waals surface area contributed by atoms with Crippen LogP contribution in [0.25, 0.3) is 0 Å². The minimum absolute atomic E-state index is 0.0232. The molecule has 1 aliphatic heterocycles. The lowest BCUT2D eigenvalue weighted by Crippen LogP contribution is -2.31. The predicted octanol–water partition coefficient (Wildman–Crippen LogP) is 2.98. The van der Waals surface area contributed by atoms with Crippen molar-refractivity contribution in [3.63, 3.8) is 0 Å². The third-order valence-corrected chi connectivity index (χ3v) is 5.02. The number of benzene rings is 1. The molecule has 2 unspecified atom stereocenters. The molecular formula is C15H16BrNO2. The van der Waals surface area contributed by atoms with Gasteiger partial charge in [0.25, 0.3) is 0 Å². The molecule has 3 rings (SSSR count). The van der Waals surface area contributed by atoms with Gasteiger partial charge in [-0.05, 0) is 30.4 Å². The lowest BCUT2D eigenvalue weighted by molar-refractivity contribution is -0.141. The quantitative estimate of drug-likeness (QED) is 0.785. The first-order valence-corrected chi connectivity index (χ1v) is 7.46. The monoisotopic (exact) mass is 321 g/mol. The Morgan fingerprint density at radius 1 is 1.16 bits per heavy atom. The van der Waals surface area contributed by atoms with Gasteiger partial charge in [0.1, 0.15) is 0 Å². The Bertz CT molecular complexity index is 519. The van der Waals surface area contributed by atoms with Crippen LogP contribution in [0, 0.1) is 17.8 Å². The van der Waals surface area contributed by atoms with Gasteiger partial charge >= 0.3 is 0 Å². The van der Waals surface area contributed by atoms with E-state index in [0.717, 1.165) is 22.9 Å². The lowest BCUT2D eigenvalue weighted by atomic mass is 10.00. The second-order valence-corrected chi connectivity index (χ2v) is 6.50. The Morgan fingerprint density at radius 3 is 2.32 bits per heavy atom. The second kappa shape index (κ2) is 4.75. The van der Waals surface area contributed by atoms with Gasteiger partial charge in [-0.1, -0.05) is 41.1 Å². The largest absolute Gasteiger partial charge is 0.278 e. The summed E-state index contributed by atoms with van der Waals surface area (Å²) >= 11 is 3.47. The van der Waals surface area contributed by atoms with E-state index in [1.165, 1.54) is 4.90 Å². The standard InChI is InChI=1S/C15H16BrNO2/c1-9-6-11-12(7-9)15(19)17(14(11)18)8-10-4-2-3-5-13(10)16/h2-5,9,11-12H,6-8H2,1H3. The van der Waals surface area contributed by atoms with E-state index in [4.69, 9.17) is 0 Å². The molecule has 1 aromatic carbocycles. The van der Waals surface area contributed by atoms with Crippen LogP contribution in [-0.2, 0) is 16.1 Å². The van der Waals surface area contributed by atoms with Crippen molar-refractivity contribution in [2.45, 2.75) is 26.3 Å².